The van der Waals surface area contributed by atoms with Crippen LogP contribution in [0.4, 0.5) is 0 Å². The molecule has 2 heteroatoms. The summed E-state index contributed by atoms with van der Waals surface area (Å²) in [6.07, 6.45) is 18.7. The Kier molecular flexibility index (Phi) is 8.96. The zero-order valence-corrected chi connectivity index (χ0v) is 29.6. The van der Waals surface area contributed by atoms with Gasteiger partial charge in [0.15, 0.2) is 0 Å². The summed E-state index contributed by atoms with van der Waals surface area (Å²) < 4.78 is 4.75. The average molecular weight is 669 g/mol. The second kappa shape index (κ2) is 14.3. The van der Waals surface area contributed by atoms with E-state index in [4.69, 9.17) is 0 Å². The molecule has 0 saturated carbocycles. The Morgan fingerprint density at radius 3 is 1.90 bits per heavy atom. The molecular weight excluding hydrogens is 629 g/mol. The largest absolute Gasteiger partial charge is 0.309 e. The molecule has 2 heterocycles. The molecule has 0 radical (unpaired) electrons. The molecule has 2 nitrogen and oxygen atoms in total. The van der Waals surface area contributed by atoms with Crippen LogP contribution in [-0.2, 0) is 0 Å². The van der Waals surface area contributed by atoms with E-state index in [0.29, 0.717) is 0 Å². The maximum Gasteiger partial charge on any atom is 0.0541 e. The van der Waals surface area contributed by atoms with Crippen LogP contribution >= 0.6 is 0 Å². The fourth-order valence-electron chi connectivity index (χ4n) is 7.36. The van der Waals surface area contributed by atoms with Crippen molar-refractivity contribution < 1.29 is 0 Å². The van der Waals surface area contributed by atoms with Crippen molar-refractivity contribution in [2.75, 3.05) is 0 Å². The fourth-order valence-corrected chi connectivity index (χ4v) is 7.36. The number of rotatable bonds is 9. The molecule has 8 rings (SSSR count). The summed E-state index contributed by atoms with van der Waals surface area (Å²) in [4.78, 5) is 0. The van der Waals surface area contributed by atoms with Crippen molar-refractivity contribution in [2.45, 2.75) is 13.8 Å². The Labute approximate surface area is 305 Å². The number of benzene rings is 6. The number of hydrogen-bond donors (Lipinski definition) is 0. The molecule has 0 N–H and O–H groups in total. The molecule has 250 valence electrons. The minimum absolute atomic E-state index is 1.09. The van der Waals surface area contributed by atoms with Crippen LogP contribution in [0.15, 0.2) is 201 Å². The van der Waals surface area contributed by atoms with E-state index in [2.05, 4.69) is 206 Å². The first kappa shape index (κ1) is 32.6. The monoisotopic (exact) mass is 668 g/mol. The lowest BCUT2D eigenvalue weighted by atomic mass is 10.0. The quantitative estimate of drug-likeness (QED) is 0.136. The van der Waals surface area contributed by atoms with Crippen LogP contribution in [-0.4, -0.2) is 9.13 Å². The minimum Gasteiger partial charge on any atom is -0.309 e. The Balaban J connectivity index is 1.28. The number of nitrogens with zero attached hydrogens (tertiary/aromatic N) is 2. The number of hydrogen-bond acceptors (Lipinski definition) is 0. The molecule has 0 amide bonds. The van der Waals surface area contributed by atoms with E-state index in [9.17, 15) is 0 Å². The highest BCUT2D eigenvalue weighted by Crippen LogP contribution is 2.38. The zero-order valence-electron chi connectivity index (χ0n) is 29.6. The Morgan fingerprint density at radius 1 is 0.538 bits per heavy atom. The van der Waals surface area contributed by atoms with Gasteiger partial charge in [0.25, 0.3) is 0 Å². The molecule has 6 aromatic carbocycles. The average Bonchev–Trinajstić information content (AvgIpc) is 3.69. The highest BCUT2D eigenvalue weighted by atomic mass is 15.0. The molecule has 0 unspecified atom stereocenters. The summed E-state index contributed by atoms with van der Waals surface area (Å²) in [5, 5.41) is 4.97. The van der Waals surface area contributed by atoms with E-state index >= 15 is 0 Å². The lowest BCUT2D eigenvalue weighted by Gasteiger charge is -2.10. The van der Waals surface area contributed by atoms with Gasteiger partial charge in [-0.1, -0.05) is 146 Å². The maximum absolute atomic E-state index is 3.81. The van der Waals surface area contributed by atoms with Crippen molar-refractivity contribution in [3.05, 3.63) is 212 Å². The van der Waals surface area contributed by atoms with Crippen LogP contribution in [0, 0.1) is 6.92 Å². The van der Waals surface area contributed by atoms with Crippen molar-refractivity contribution in [3.63, 3.8) is 0 Å². The van der Waals surface area contributed by atoms with Gasteiger partial charge in [0.05, 0.1) is 22.1 Å². The first-order valence-corrected chi connectivity index (χ1v) is 17.8. The molecule has 0 saturated heterocycles. The third kappa shape index (κ3) is 6.05. The Bertz CT molecular complexity index is 2760. The molecule has 0 aliphatic rings. The van der Waals surface area contributed by atoms with E-state index in [1.807, 2.05) is 12.2 Å². The third-order valence-electron chi connectivity index (χ3n) is 9.71. The molecule has 0 atom stereocenters. The van der Waals surface area contributed by atoms with Crippen molar-refractivity contribution >= 4 is 54.9 Å². The summed E-state index contributed by atoms with van der Waals surface area (Å²) in [6, 6.07) is 50.5. The summed E-state index contributed by atoms with van der Waals surface area (Å²) in [5.74, 6) is 0. The normalized spacial score (nSPS) is 12.9. The van der Waals surface area contributed by atoms with Crippen LogP contribution in [0.25, 0.3) is 71.7 Å². The van der Waals surface area contributed by atoms with Crippen LogP contribution in [0.1, 0.15) is 18.1 Å². The Morgan fingerprint density at radius 2 is 1.17 bits per heavy atom. The van der Waals surface area contributed by atoms with Crippen molar-refractivity contribution in [1.29, 1.82) is 0 Å². The van der Waals surface area contributed by atoms with Gasteiger partial charge in [-0.15, -0.1) is 0 Å². The fraction of sp³-hybridized carbons (Fsp3) is 0.0400. The van der Waals surface area contributed by atoms with E-state index < -0.39 is 0 Å². The second-order valence-electron chi connectivity index (χ2n) is 13.1. The maximum atomic E-state index is 3.81. The first-order chi connectivity index (χ1) is 25.6. The molecule has 0 aliphatic heterocycles. The molecule has 0 aliphatic carbocycles. The number of allylic oxidation sites excluding steroid dienone is 11. The molecule has 8 aromatic rings. The van der Waals surface area contributed by atoms with Gasteiger partial charge in [-0.25, -0.2) is 0 Å². The standard InChI is InChI=1S/C50H40N2/c1-4-6-7-9-19-37(38-20-16-18-36(3)33-38)27-30-41(17-5-2)51-47-25-14-12-23-43(47)45-34-39(28-31-49(45)51)40-29-32-50-46(35-40)44-24-13-15-26-48(44)52(50)42-21-10-8-11-22-42/h4-35H,1H2,2-3H3/b7-6+,17-5-,19-9-,37-27+,41-30+. The molecular formula is C50H40N2. The molecule has 0 bridgehead atoms. The number of fused-ring (bicyclic) bond motifs is 6. The van der Waals surface area contributed by atoms with Crippen molar-refractivity contribution in [1.82, 2.24) is 9.13 Å². The van der Waals surface area contributed by atoms with E-state index in [1.165, 1.54) is 71.6 Å². The number of para-hydroxylation sites is 3. The third-order valence-corrected chi connectivity index (χ3v) is 9.71. The number of aryl methyl sites for hydroxylation is 1. The highest BCUT2D eigenvalue weighted by molar-refractivity contribution is 6.13. The lowest BCUT2D eigenvalue weighted by molar-refractivity contribution is 1.18. The van der Waals surface area contributed by atoms with Crippen molar-refractivity contribution in [3.8, 4) is 16.8 Å². The van der Waals surface area contributed by atoms with Crippen LogP contribution < -0.4 is 0 Å². The van der Waals surface area contributed by atoms with Gasteiger partial charge in [-0.3, -0.25) is 0 Å². The van der Waals surface area contributed by atoms with Gasteiger partial charge in [-0.2, -0.15) is 0 Å². The lowest BCUT2D eigenvalue weighted by Crippen LogP contribution is -1.94. The Hall–Kier alpha value is -6.64. The molecule has 2 aromatic heterocycles. The first-order valence-electron chi connectivity index (χ1n) is 17.8. The van der Waals surface area contributed by atoms with Crippen molar-refractivity contribution in [2.24, 2.45) is 0 Å². The predicted molar refractivity (Wildman–Crippen MR) is 226 cm³/mol. The van der Waals surface area contributed by atoms with E-state index in [-0.39, 0.29) is 0 Å². The summed E-state index contributed by atoms with van der Waals surface area (Å²) >= 11 is 0. The zero-order chi connectivity index (χ0) is 35.4. The SMILES string of the molecule is C=C/C=C/C=C\C(=C/C=C(\C=C/C)n1c2ccccc2c2cc(-c3ccc4c(c3)c3ccccc3n4-c3ccccc3)ccc21)c1cccc(C)c1. The smallest absolute Gasteiger partial charge is 0.0541 e. The minimum atomic E-state index is 1.09. The van der Waals surface area contributed by atoms with Gasteiger partial charge in [-0.05, 0) is 96.8 Å². The topological polar surface area (TPSA) is 9.86 Å². The predicted octanol–water partition coefficient (Wildman–Crippen LogP) is 13.7. The highest BCUT2D eigenvalue weighted by Gasteiger charge is 2.16. The van der Waals surface area contributed by atoms with Gasteiger partial charge in [0.1, 0.15) is 0 Å². The van der Waals surface area contributed by atoms with Crippen LogP contribution in [0.3, 0.4) is 0 Å². The van der Waals surface area contributed by atoms with Gasteiger partial charge in [0.2, 0.25) is 0 Å². The van der Waals surface area contributed by atoms with Crippen LogP contribution in [0.5, 0.6) is 0 Å². The molecule has 0 spiro atoms. The molecule has 0 fully saturated rings. The summed E-state index contributed by atoms with van der Waals surface area (Å²) in [6.45, 7) is 8.02. The van der Waals surface area contributed by atoms with Gasteiger partial charge < -0.3 is 9.13 Å². The van der Waals surface area contributed by atoms with E-state index in [0.717, 1.165) is 11.3 Å². The van der Waals surface area contributed by atoms with Crippen LogP contribution in [0.2, 0.25) is 0 Å². The second-order valence-corrected chi connectivity index (χ2v) is 13.1. The van der Waals surface area contributed by atoms with Gasteiger partial charge in [0, 0.05) is 32.9 Å². The number of aromatic nitrogens is 2. The summed E-state index contributed by atoms with van der Waals surface area (Å²) in [7, 11) is 0. The van der Waals surface area contributed by atoms with E-state index in [1.54, 1.807) is 6.08 Å². The van der Waals surface area contributed by atoms with Gasteiger partial charge >= 0.3 is 0 Å². The summed E-state index contributed by atoms with van der Waals surface area (Å²) in [5.41, 5.74) is 13.0. The molecule has 52 heavy (non-hydrogen) atoms.